The zero-order valence-electron chi connectivity index (χ0n) is 12.8. The van der Waals surface area contributed by atoms with E-state index in [2.05, 4.69) is 26.0 Å². The Bertz CT molecular complexity index is 593. The van der Waals surface area contributed by atoms with Crippen molar-refractivity contribution in [2.45, 2.75) is 26.3 Å². The highest BCUT2D eigenvalue weighted by Gasteiger charge is 2.12. The average molecular weight is 287 g/mol. The van der Waals surface area contributed by atoms with Gasteiger partial charge in [-0.25, -0.2) is 4.39 Å². The summed E-state index contributed by atoms with van der Waals surface area (Å²) in [6.07, 6.45) is 1.06. The first-order valence-electron chi connectivity index (χ1n) is 7.19. The van der Waals surface area contributed by atoms with Crippen LogP contribution in [0.5, 0.6) is 5.75 Å². The largest absolute Gasteiger partial charge is 0.494 e. The maximum absolute atomic E-state index is 13.4. The highest BCUT2D eigenvalue weighted by Crippen LogP contribution is 2.26. The van der Waals surface area contributed by atoms with Crippen LogP contribution in [0.15, 0.2) is 42.5 Å². The van der Waals surface area contributed by atoms with Crippen molar-refractivity contribution in [3.8, 4) is 5.75 Å². The zero-order chi connectivity index (χ0) is 15.4. The number of methoxy groups -OCH3 is 1. The summed E-state index contributed by atoms with van der Waals surface area (Å²) in [5.74, 6) is 0.478. The summed E-state index contributed by atoms with van der Waals surface area (Å²) in [5, 5.41) is 0. The minimum absolute atomic E-state index is 0.222. The predicted octanol–water partition coefficient (Wildman–Crippen LogP) is 4.08. The Morgan fingerprint density at radius 2 is 1.67 bits per heavy atom. The predicted molar refractivity (Wildman–Crippen MR) is 84.0 cm³/mol. The van der Waals surface area contributed by atoms with Crippen molar-refractivity contribution in [3.05, 3.63) is 65.0 Å². The van der Waals surface area contributed by atoms with Crippen LogP contribution in [0.3, 0.4) is 0 Å². The van der Waals surface area contributed by atoms with Crippen LogP contribution in [0.2, 0.25) is 0 Å². The van der Waals surface area contributed by atoms with Crippen LogP contribution in [-0.2, 0) is 6.42 Å². The molecule has 0 spiro atoms. The van der Waals surface area contributed by atoms with Gasteiger partial charge in [0.15, 0.2) is 11.6 Å². The van der Waals surface area contributed by atoms with Gasteiger partial charge in [-0.3, -0.25) is 0 Å². The summed E-state index contributed by atoms with van der Waals surface area (Å²) in [4.78, 5) is 0. The highest BCUT2D eigenvalue weighted by molar-refractivity contribution is 5.38. The Balaban J connectivity index is 2.21. The maximum atomic E-state index is 13.4. The van der Waals surface area contributed by atoms with Gasteiger partial charge in [-0.2, -0.15) is 0 Å². The van der Waals surface area contributed by atoms with Crippen molar-refractivity contribution in [1.82, 2.24) is 0 Å². The first-order valence-corrected chi connectivity index (χ1v) is 7.19. The lowest BCUT2D eigenvalue weighted by molar-refractivity contribution is 0.385. The molecular formula is C18H22FNO. The summed E-state index contributed by atoms with van der Waals surface area (Å²) in [6, 6.07) is 12.8. The van der Waals surface area contributed by atoms with Crippen molar-refractivity contribution < 1.29 is 9.13 Å². The van der Waals surface area contributed by atoms with Crippen LogP contribution in [0.4, 0.5) is 4.39 Å². The number of hydrogen-bond donors (Lipinski definition) is 1. The Hall–Kier alpha value is -1.87. The van der Waals surface area contributed by atoms with Crippen LogP contribution in [-0.4, -0.2) is 7.11 Å². The fourth-order valence-electron chi connectivity index (χ4n) is 2.39. The first kappa shape index (κ1) is 15.5. The van der Waals surface area contributed by atoms with Crippen LogP contribution >= 0.6 is 0 Å². The molecule has 2 aromatic carbocycles. The average Bonchev–Trinajstić information content (AvgIpc) is 2.47. The molecule has 0 fully saturated rings. The quantitative estimate of drug-likeness (QED) is 0.899. The monoisotopic (exact) mass is 287 g/mol. The van der Waals surface area contributed by atoms with Crippen molar-refractivity contribution in [1.29, 1.82) is 0 Å². The van der Waals surface area contributed by atoms with Gasteiger partial charge in [0.1, 0.15) is 0 Å². The zero-order valence-corrected chi connectivity index (χ0v) is 12.8. The summed E-state index contributed by atoms with van der Waals surface area (Å²) < 4.78 is 18.4. The fourth-order valence-corrected chi connectivity index (χ4v) is 2.39. The van der Waals surface area contributed by atoms with Crippen molar-refractivity contribution in [2.24, 2.45) is 11.7 Å². The molecule has 0 bridgehead atoms. The number of ether oxygens (including phenoxy) is 1. The standard InChI is InChI=1S/C18H22FNO/c1-12(2)10-13-4-6-14(7-5-13)18(20)15-8-9-16(19)17(11-15)21-3/h4-9,11-12,18H,10,20H2,1-3H3. The van der Waals surface area contributed by atoms with Crippen molar-refractivity contribution in [3.63, 3.8) is 0 Å². The molecule has 0 aromatic heterocycles. The highest BCUT2D eigenvalue weighted by atomic mass is 19.1. The van der Waals surface area contributed by atoms with Crippen LogP contribution < -0.4 is 10.5 Å². The molecule has 2 aromatic rings. The van der Waals surface area contributed by atoms with E-state index >= 15 is 0 Å². The van der Waals surface area contributed by atoms with Crippen molar-refractivity contribution in [2.75, 3.05) is 7.11 Å². The van der Waals surface area contributed by atoms with E-state index in [0.29, 0.717) is 5.92 Å². The lowest BCUT2D eigenvalue weighted by Gasteiger charge is -2.15. The molecule has 1 unspecified atom stereocenters. The topological polar surface area (TPSA) is 35.2 Å². The van der Waals surface area contributed by atoms with E-state index in [0.717, 1.165) is 17.5 Å². The second kappa shape index (κ2) is 6.72. The number of nitrogens with two attached hydrogens (primary N) is 1. The number of halogens is 1. The van der Waals surface area contributed by atoms with Gasteiger partial charge in [0, 0.05) is 0 Å². The van der Waals surface area contributed by atoms with E-state index in [4.69, 9.17) is 10.5 Å². The van der Waals surface area contributed by atoms with Gasteiger partial charge in [-0.05, 0) is 41.2 Å². The second-order valence-corrected chi connectivity index (χ2v) is 5.71. The van der Waals surface area contributed by atoms with Crippen molar-refractivity contribution >= 4 is 0 Å². The maximum Gasteiger partial charge on any atom is 0.165 e. The van der Waals surface area contributed by atoms with Crippen LogP contribution in [0.25, 0.3) is 0 Å². The van der Waals surface area contributed by atoms with Gasteiger partial charge in [0.05, 0.1) is 13.2 Å². The van der Waals surface area contributed by atoms with Gasteiger partial charge in [0.25, 0.3) is 0 Å². The normalized spacial score (nSPS) is 12.5. The summed E-state index contributed by atoms with van der Waals surface area (Å²) in [5.41, 5.74) is 9.41. The van der Waals surface area contributed by atoms with Crippen LogP contribution in [0.1, 0.15) is 36.6 Å². The lowest BCUT2D eigenvalue weighted by Crippen LogP contribution is -2.12. The van der Waals surface area contributed by atoms with Gasteiger partial charge in [-0.1, -0.05) is 44.2 Å². The molecule has 2 N–H and O–H groups in total. The molecule has 112 valence electrons. The fraction of sp³-hybridized carbons (Fsp3) is 0.333. The van der Waals surface area contributed by atoms with E-state index in [1.807, 2.05) is 12.1 Å². The third kappa shape index (κ3) is 3.82. The molecule has 0 saturated carbocycles. The molecule has 2 rings (SSSR count). The van der Waals surface area contributed by atoms with E-state index in [-0.39, 0.29) is 17.6 Å². The molecule has 0 aliphatic rings. The van der Waals surface area contributed by atoms with Gasteiger partial charge >= 0.3 is 0 Å². The number of hydrogen-bond acceptors (Lipinski definition) is 2. The lowest BCUT2D eigenvalue weighted by atomic mass is 9.96. The number of benzene rings is 2. The molecule has 0 heterocycles. The number of rotatable bonds is 5. The molecule has 0 saturated heterocycles. The third-order valence-electron chi connectivity index (χ3n) is 3.52. The molecule has 1 atom stereocenters. The smallest absolute Gasteiger partial charge is 0.165 e. The van der Waals surface area contributed by atoms with Gasteiger partial charge < -0.3 is 10.5 Å². The molecule has 0 amide bonds. The summed E-state index contributed by atoms with van der Waals surface area (Å²) in [6.45, 7) is 4.40. The van der Waals surface area contributed by atoms with Gasteiger partial charge in [0.2, 0.25) is 0 Å². The molecular weight excluding hydrogens is 265 g/mol. The molecule has 0 aliphatic carbocycles. The van der Waals surface area contributed by atoms with Gasteiger partial charge in [-0.15, -0.1) is 0 Å². The minimum Gasteiger partial charge on any atom is -0.494 e. The molecule has 2 nitrogen and oxygen atoms in total. The third-order valence-corrected chi connectivity index (χ3v) is 3.52. The Kier molecular flexibility index (Phi) is 4.97. The van der Waals surface area contributed by atoms with Crippen LogP contribution in [0, 0.1) is 11.7 Å². The molecule has 21 heavy (non-hydrogen) atoms. The first-order chi connectivity index (χ1) is 10.0. The second-order valence-electron chi connectivity index (χ2n) is 5.71. The van der Waals surface area contributed by atoms with E-state index in [1.165, 1.54) is 18.7 Å². The molecule has 3 heteroatoms. The SMILES string of the molecule is COc1cc(C(N)c2ccc(CC(C)C)cc2)ccc1F. The molecule has 0 aliphatic heterocycles. The Morgan fingerprint density at radius 1 is 1.05 bits per heavy atom. The Labute approximate surface area is 125 Å². The van der Waals surface area contributed by atoms with E-state index in [1.54, 1.807) is 12.1 Å². The summed E-state index contributed by atoms with van der Waals surface area (Å²) in [7, 11) is 1.45. The van der Waals surface area contributed by atoms with E-state index < -0.39 is 0 Å². The minimum atomic E-state index is -0.374. The summed E-state index contributed by atoms with van der Waals surface area (Å²) >= 11 is 0. The molecule has 0 radical (unpaired) electrons. The van der Waals surface area contributed by atoms with E-state index in [9.17, 15) is 4.39 Å². The Morgan fingerprint density at radius 3 is 2.24 bits per heavy atom.